The third kappa shape index (κ3) is 9.12. The molecule has 3 aromatic heterocycles. The largest absolute Gasteiger partial charge is 0.383 e. The Hall–Kier alpha value is -5.50. The number of nitrogens with one attached hydrogen (secondary N) is 1. The van der Waals surface area contributed by atoms with E-state index >= 15 is 0 Å². The smallest absolute Gasteiger partial charge is 0.329 e. The molecule has 1 amide bonds. The summed E-state index contributed by atoms with van der Waals surface area (Å²) in [5.74, 6) is 0.0291. The minimum absolute atomic E-state index is 0. The number of likely N-dealkylation sites (tertiary alicyclic amines) is 1. The van der Waals surface area contributed by atoms with Crippen LogP contribution in [0.15, 0.2) is 107 Å². The molecule has 2 aliphatic rings. The lowest BCUT2D eigenvalue weighted by Gasteiger charge is -2.32. The molecule has 1 N–H and O–H groups in total. The van der Waals surface area contributed by atoms with Crippen LogP contribution in [0, 0.1) is 0 Å². The second kappa shape index (κ2) is 20.3. The Balaban J connectivity index is 0.000000248. The van der Waals surface area contributed by atoms with E-state index in [1.807, 2.05) is 111 Å². The Bertz CT molecular complexity index is 2330. The predicted octanol–water partition coefficient (Wildman–Crippen LogP) is 6.74. The van der Waals surface area contributed by atoms with Crippen LogP contribution in [0.3, 0.4) is 0 Å². The molecule has 2 saturated heterocycles. The number of piperidine rings is 2. The van der Waals surface area contributed by atoms with Crippen molar-refractivity contribution < 1.29 is 14.3 Å². The number of hydrogen-bond acceptors (Lipinski definition) is 8. The number of rotatable bonds is 11. The zero-order valence-electron chi connectivity index (χ0n) is 32.5. The van der Waals surface area contributed by atoms with E-state index in [1.54, 1.807) is 31.2 Å². The minimum Gasteiger partial charge on any atom is -0.383 e. The number of aromatic nitrogens is 5. The van der Waals surface area contributed by atoms with Crippen LogP contribution in [0.4, 0.5) is 11.4 Å². The maximum absolute atomic E-state index is 13.3. The molecule has 0 atom stereocenters. The fraction of sp³-hybridized carbons (Fsp3) is 0.422. The quantitative estimate of drug-likeness (QED) is 0.153. The van der Waals surface area contributed by atoms with Gasteiger partial charge >= 0.3 is 11.4 Å². The van der Waals surface area contributed by atoms with Crippen molar-refractivity contribution in [2.75, 3.05) is 65.6 Å². The van der Waals surface area contributed by atoms with E-state index < -0.39 is 0 Å². The SMILES string of the molecule is C.C.COCCn1c(=O)n(C2CCN(C(=O)c3ccc(N(C)c4ccncc4)cc3)CC2)c2ccccc21.COCCn1c(=O)n(C2CCNCC2)c2ccccc21. The molecule has 0 aliphatic carbocycles. The van der Waals surface area contributed by atoms with Crippen LogP contribution in [0.5, 0.6) is 0 Å². The zero-order valence-corrected chi connectivity index (χ0v) is 32.5. The summed E-state index contributed by atoms with van der Waals surface area (Å²) in [7, 11) is 5.30. The van der Waals surface area contributed by atoms with E-state index in [9.17, 15) is 14.4 Å². The van der Waals surface area contributed by atoms with Crippen molar-refractivity contribution in [1.29, 1.82) is 0 Å². The summed E-state index contributed by atoms with van der Waals surface area (Å²) in [4.78, 5) is 47.3. The van der Waals surface area contributed by atoms with Gasteiger partial charge in [0.15, 0.2) is 0 Å². The highest BCUT2D eigenvalue weighted by molar-refractivity contribution is 5.94. The van der Waals surface area contributed by atoms with E-state index in [2.05, 4.69) is 15.2 Å². The second-order valence-electron chi connectivity index (χ2n) is 14.4. The number of carbonyl (C=O) groups excluding carboxylic acids is 1. The molecule has 3 aromatic carbocycles. The molecule has 5 heterocycles. The van der Waals surface area contributed by atoms with Crippen LogP contribution in [0.1, 0.15) is 63.0 Å². The Kier molecular flexibility index (Phi) is 15.2. The van der Waals surface area contributed by atoms with Crippen LogP contribution in [0.25, 0.3) is 22.1 Å². The molecule has 58 heavy (non-hydrogen) atoms. The molecule has 13 heteroatoms. The molecule has 6 aromatic rings. The molecule has 2 aliphatic heterocycles. The van der Waals surface area contributed by atoms with Gasteiger partial charge in [-0.2, -0.15) is 0 Å². The van der Waals surface area contributed by atoms with Gasteiger partial charge in [0.1, 0.15) is 0 Å². The van der Waals surface area contributed by atoms with Crippen molar-refractivity contribution in [2.24, 2.45) is 0 Å². The van der Waals surface area contributed by atoms with Crippen LogP contribution in [0.2, 0.25) is 0 Å². The Labute approximate surface area is 341 Å². The monoisotopic (exact) mass is 792 g/mol. The average molecular weight is 793 g/mol. The van der Waals surface area contributed by atoms with E-state index in [0.29, 0.717) is 51.0 Å². The number of benzene rings is 3. The molecule has 0 saturated carbocycles. The van der Waals surface area contributed by atoms with Gasteiger partial charge in [-0.05, 0) is 99.4 Å². The molecular weight excluding hydrogens is 733 g/mol. The van der Waals surface area contributed by atoms with Crippen LogP contribution < -0.4 is 21.6 Å². The summed E-state index contributed by atoms with van der Waals surface area (Å²) in [6.07, 6.45) is 7.04. The fourth-order valence-corrected chi connectivity index (χ4v) is 8.09. The average Bonchev–Trinajstić information content (AvgIpc) is 3.70. The highest BCUT2D eigenvalue weighted by Gasteiger charge is 2.28. The van der Waals surface area contributed by atoms with Gasteiger partial charge in [0, 0.05) is 75.8 Å². The number of ether oxygens (including phenoxy) is 2. The molecule has 0 bridgehead atoms. The van der Waals surface area contributed by atoms with Gasteiger partial charge in [-0.15, -0.1) is 0 Å². The third-order valence-electron chi connectivity index (χ3n) is 11.1. The van der Waals surface area contributed by atoms with E-state index in [1.165, 1.54) is 0 Å². The molecule has 2 fully saturated rings. The summed E-state index contributed by atoms with van der Waals surface area (Å²) in [6, 6.07) is 27.9. The highest BCUT2D eigenvalue weighted by Crippen LogP contribution is 2.28. The lowest BCUT2D eigenvalue weighted by Crippen LogP contribution is -2.41. The van der Waals surface area contributed by atoms with Crippen molar-refractivity contribution in [3.63, 3.8) is 0 Å². The van der Waals surface area contributed by atoms with Crippen molar-refractivity contribution in [3.8, 4) is 0 Å². The number of amides is 1. The first kappa shape index (κ1) is 43.6. The summed E-state index contributed by atoms with van der Waals surface area (Å²) < 4.78 is 17.9. The van der Waals surface area contributed by atoms with Crippen molar-refractivity contribution in [3.05, 3.63) is 124 Å². The summed E-state index contributed by atoms with van der Waals surface area (Å²) in [6.45, 7) is 5.36. The maximum atomic E-state index is 13.3. The molecule has 13 nitrogen and oxygen atoms in total. The van der Waals surface area contributed by atoms with Gasteiger partial charge < -0.3 is 24.6 Å². The molecule has 310 valence electrons. The highest BCUT2D eigenvalue weighted by atomic mass is 16.5. The third-order valence-corrected chi connectivity index (χ3v) is 11.1. The van der Waals surface area contributed by atoms with Gasteiger partial charge in [0.25, 0.3) is 5.91 Å². The van der Waals surface area contributed by atoms with E-state index in [-0.39, 0.29) is 38.2 Å². The predicted molar refractivity (Wildman–Crippen MR) is 234 cm³/mol. The molecule has 0 spiro atoms. The van der Waals surface area contributed by atoms with E-state index in [0.717, 1.165) is 72.2 Å². The van der Waals surface area contributed by atoms with Gasteiger partial charge in [-0.3, -0.25) is 28.0 Å². The normalized spacial score (nSPS) is 14.7. The number of pyridine rings is 1. The summed E-state index contributed by atoms with van der Waals surface area (Å²) in [5.41, 5.74) is 6.71. The van der Waals surface area contributed by atoms with Crippen LogP contribution >= 0.6 is 0 Å². The number of carbonyl (C=O) groups is 1. The Morgan fingerprint density at radius 2 is 1.12 bits per heavy atom. The number of para-hydroxylation sites is 4. The first-order chi connectivity index (χ1) is 27.4. The number of fused-ring (bicyclic) bond motifs is 2. The lowest BCUT2D eigenvalue weighted by molar-refractivity contribution is 0.0694. The van der Waals surface area contributed by atoms with Gasteiger partial charge in [-0.25, -0.2) is 9.59 Å². The number of nitrogens with zero attached hydrogens (tertiary/aromatic N) is 7. The lowest BCUT2D eigenvalue weighted by atomic mass is 10.0. The van der Waals surface area contributed by atoms with Crippen molar-refractivity contribution in [1.82, 2.24) is 33.5 Å². The van der Waals surface area contributed by atoms with Gasteiger partial charge in [-0.1, -0.05) is 39.1 Å². The number of methoxy groups -OCH3 is 2. The fourth-order valence-electron chi connectivity index (χ4n) is 8.09. The van der Waals surface area contributed by atoms with Crippen LogP contribution in [-0.2, 0) is 22.6 Å². The van der Waals surface area contributed by atoms with Gasteiger partial charge in [0.2, 0.25) is 0 Å². The maximum Gasteiger partial charge on any atom is 0.329 e. The second-order valence-corrected chi connectivity index (χ2v) is 14.4. The molecule has 8 rings (SSSR count). The van der Waals surface area contributed by atoms with Crippen molar-refractivity contribution in [2.45, 2.75) is 65.7 Å². The standard InChI is InChI=1S/C28H31N5O3.C15H21N3O2.2CH4/c1-30(23-11-15-29-16-12-23)22-9-7-21(8-10-22)27(34)31-17-13-24(14-18-31)33-26-6-4-3-5-25(26)32(28(33)35)19-20-36-2;1-20-11-10-17-13-4-2-3-5-14(13)18(15(17)19)12-6-8-16-9-7-12;;/h3-12,15-16,24H,13-14,17-20H2,1-2H3;2-5,12,16H,6-11H2,1H3;2*1H4. The summed E-state index contributed by atoms with van der Waals surface area (Å²) >= 11 is 0. The molecular formula is C45H60N8O5. The van der Waals surface area contributed by atoms with E-state index in [4.69, 9.17) is 9.47 Å². The topological polar surface area (TPSA) is 121 Å². The van der Waals surface area contributed by atoms with Gasteiger partial charge in [0.05, 0.1) is 48.4 Å². The van der Waals surface area contributed by atoms with Crippen molar-refractivity contribution >= 4 is 39.3 Å². The Morgan fingerprint density at radius 1 is 0.672 bits per heavy atom. The Morgan fingerprint density at radius 3 is 1.60 bits per heavy atom. The number of anilines is 2. The summed E-state index contributed by atoms with van der Waals surface area (Å²) in [5, 5.41) is 3.35. The molecule has 0 radical (unpaired) electrons. The minimum atomic E-state index is -0.00747. The zero-order chi connectivity index (χ0) is 39.0. The number of hydrogen-bond donors (Lipinski definition) is 1. The first-order valence-corrected chi connectivity index (χ1v) is 19.5. The van der Waals surface area contributed by atoms with Crippen LogP contribution in [-0.4, -0.2) is 94.7 Å². The first-order valence-electron chi connectivity index (χ1n) is 19.5. The number of imidazole rings is 2. The molecule has 0 unspecified atom stereocenters.